The molecule has 0 aliphatic carbocycles. The highest BCUT2D eigenvalue weighted by molar-refractivity contribution is 7.18. The average Bonchev–Trinajstić information content (AvgIpc) is 3.10. The van der Waals surface area contributed by atoms with E-state index in [0.717, 1.165) is 67.5 Å². The number of amides is 1. The molecule has 9 heteroatoms. The van der Waals surface area contributed by atoms with Gasteiger partial charge in [0.2, 0.25) is 5.91 Å². The number of thiazole rings is 1. The predicted octanol–water partition coefficient (Wildman–Crippen LogP) is 0.383. The van der Waals surface area contributed by atoms with E-state index >= 15 is 0 Å². The minimum Gasteiger partial charge on any atom is -0.380 e. The molecule has 4 aliphatic rings. The molecule has 0 radical (unpaired) electrons. The van der Waals surface area contributed by atoms with Crippen molar-refractivity contribution in [2.45, 2.75) is 37.3 Å². The fourth-order valence-corrected chi connectivity index (χ4v) is 6.23. The zero-order valence-corrected chi connectivity index (χ0v) is 17.7. The molecule has 8 nitrogen and oxygen atoms in total. The Morgan fingerprint density at radius 1 is 1.27 bits per heavy atom. The summed E-state index contributed by atoms with van der Waals surface area (Å²) in [7, 11) is 0. The van der Waals surface area contributed by atoms with E-state index in [4.69, 9.17) is 9.72 Å². The summed E-state index contributed by atoms with van der Waals surface area (Å²) in [5, 5.41) is 15.0. The van der Waals surface area contributed by atoms with E-state index in [1.807, 2.05) is 18.2 Å². The summed E-state index contributed by atoms with van der Waals surface area (Å²) >= 11 is 1.62. The molecule has 4 atom stereocenters. The molecule has 4 unspecified atom stereocenters. The second-order valence-corrected chi connectivity index (χ2v) is 10.2. The van der Waals surface area contributed by atoms with Crippen LogP contribution < -0.4 is 21.3 Å². The standard InChI is InChI=1S/C21H28N6O2S/c28-18-16(19-24-14-5-1-2-6-15(14)30-19)17(23-13-4-3-7-22-8-13)25-20(26-18)27-9-21(10-27)11-29-12-21/h1-2,5-6,13,16-17,20,22-23,25H,3-4,7-12H2,(H,26,28). The fourth-order valence-electron chi connectivity index (χ4n) is 5.12. The van der Waals surface area contributed by atoms with Crippen molar-refractivity contribution in [3.8, 4) is 0 Å². The Morgan fingerprint density at radius 2 is 2.13 bits per heavy atom. The molecule has 4 aliphatic heterocycles. The fraction of sp³-hybridized carbons (Fsp3) is 0.619. The molecule has 6 rings (SSSR count). The van der Waals surface area contributed by atoms with Gasteiger partial charge in [-0.2, -0.15) is 0 Å². The summed E-state index contributed by atoms with van der Waals surface area (Å²) in [6.45, 7) is 5.62. The van der Waals surface area contributed by atoms with Gasteiger partial charge in [-0.1, -0.05) is 12.1 Å². The van der Waals surface area contributed by atoms with Gasteiger partial charge in [-0.05, 0) is 31.5 Å². The molecule has 0 bridgehead atoms. The van der Waals surface area contributed by atoms with Crippen LogP contribution in [0.25, 0.3) is 10.2 Å². The van der Waals surface area contributed by atoms with Crippen molar-refractivity contribution in [3.05, 3.63) is 29.3 Å². The van der Waals surface area contributed by atoms with Crippen LogP contribution in [0, 0.1) is 5.41 Å². The van der Waals surface area contributed by atoms with E-state index in [1.165, 1.54) is 0 Å². The Morgan fingerprint density at radius 3 is 2.87 bits per heavy atom. The number of rotatable bonds is 4. The summed E-state index contributed by atoms with van der Waals surface area (Å²) < 4.78 is 6.52. The molecule has 1 amide bonds. The third-order valence-electron chi connectivity index (χ3n) is 6.78. The minimum atomic E-state index is -0.345. The van der Waals surface area contributed by atoms with Crippen molar-refractivity contribution in [2.75, 3.05) is 39.4 Å². The first kappa shape index (κ1) is 19.1. The lowest BCUT2D eigenvalue weighted by Crippen LogP contribution is -2.77. The number of piperidine rings is 1. The van der Waals surface area contributed by atoms with Gasteiger partial charge in [0.15, 0.2) is 0 Å². The molecule has 4 saturated heterocycles. The van der Waals surface area contributed by atoms with Gasteiger partial charge in [0.25, 0.3) is 0 Å². The van der Waals surface area contributed by atoms with Crippen molar-refractivity contribution < 1.29 is 9.53 Å². The number of aromatic nitrogens is 1. The smallest absolute Gasteiger partial charge is 0.235 e. The van der Waals surface area contributed by atoms with Gasteiger partial charge in [-0.15, -0.1) is 11.3 Å². The van der Waals surface area contributed by atoms with Crippen LogP contribution >= 0.6 is 11.3 Å². The van der Waals surface area contributed by atoms with Crippen molar-refractivity contribution in [1.82, 2.24) is 31.2 Å². The largest absolute Gasteiger partial charge is 0.380 e. The van der Waals surface area contributed by atoms with Crippen molar-refractivity contribution in [2.24, 2.45) is 5.41 Å². The molecule has 4 fully saturated rings. The molecule has 1 aromatic heterocycles. The normalized spacial score (nSPS) is 33.8. The highest BCUT2D eigenvalue weighted by atomic mass is 32.1. The number of hydrogen-bond acceptors (Lipinski definition) is 8. The van der Waals surface area contributed by atoms with Crippen LogP contribution in [0.2, 0.25) is 0 Å². The molecule has 1 spiro atoms. The number of carbonyl (C=O) groups is 1. The first-order chi connectivity index (χ1) is 14.7. The van der Waals surface area contributed by atoms with Crippen molar-refractivity contribution >= 4 is 27.5 Å². The lowest BCUT2D eigenvalue weighted by molar-refractivity contribution is -0.206. The molecule has 5 heterocycles. The van der Waals surface area contributed by atoms with E-state index < -0.39 is 0 Å². The van der Waals surface area contributed by atoms with Gasteiger partial charge < -0.3 is 15.4 Å². The van der Waals surface area contributed by atoms with Crippen LogP contribution in [0.1, 0.15) is 23.8 Å². The van der Waals surface area contributed by atoms with Crippen LogP contribution in [0.5, 0.6) is 0 Å². The lowest BCUT2D eigenvalue weighted by Gasteiger charge is -2.58. The summed E-state index contributed by atoms with van der Waals surface area (Å²) in [6.07, 6.45) is 1.97. The number of nitrogens with one attached hydrogen (secondary N) is 4. The van der Waals surface area contributed by atoms with E-state index in [9.17, 15) is 4.79 Å². The zero-order valence-electron chi connectivity index (χ0n) is 16.9. The molecule has 4 N–H and O–H groups in total. The molecule has 1 aromatic carbocycles. The molecular formula is C21H28N6O2S. The summed E-state index contributed by atoms with van der Waals surface area (Å²) in [5.41, 5.74) is 1.27. The van der Waals surface area contributed by atoms with Crippen LogP contribution in [-0.2, 0) is 9.53 Å². The average molecular weight is 429 g/mol. The lowest BCUT2D eigenvalue weighted by atomic mass is 9.78. The second kappa shape index (κ2) is 7.51. The van der Waals surface area contributed by atoms with Gasteiger partial charge in [0.05, 0.1) is 29.6 Å². The number of nitrogens with zero attached hydrogens (tertiary/aromatic N) is 2. The van der Waals surface area contributed by atoms with Crippen LogP contribution in [-0.4, -0.2) is 73.7 Å². The third kappa shape index (κ3) is 3.34. The number of likely N-dealkylation sites (tertiary alicyclic amines) is 1. The Kier molecular flexibility index (Phi) is 4.78. The van der Waals surface area contributed by atoms with Crippen LogP contribution in [0.3, 0.4) is 0 Å². The Labute approximate surface area is 179 Å². The van der Waals surface area contributed by atoms with E-state index in [2.05, 4.69) is 32.2 Å². The van der Waals surface area contributed by atoms with E-state index in [0.29, 0.717) is 11.5 Å². The highest BCUT2D eigenvalue weighted by Gasteiger charge is 2.53. The Hall–Kier alpha value is -1.62. The van der Waals surface area contributed by atoms with E-state index in [1.54, 1.807) is 11.3 Å². The van der Waals surface area contributed by atoms with E-state index in [-0.39, 0.29) is 24.3 Å². The van der Waals surface area contributed by atoms with Gasteiger partial charge in [0, 0.05) is 31.1 Å². The topological polar surface area (TPSA) is 90.6 Å². The van der Waals surface area contributed by atoms with Gasteiger partial charge in [0.1, 0.15) is 17.2 Å². The number of para-hydroxylation sites is 1. The zero-order chi connectivity index (χ0) is 20.1. The summed E-state index contributed by atoms with van der Waals surface area (Å²) in [5.74, 6) is -0.298. The quantitative estimate of drug-likeness (QED) is 0.560. The number of carbonyl (C=O) groups excluding carboxylic acids is 1. The summed E-state index contributed by atoms with van der Waals surface area (Å²) in [4.78, 5) is 20.5. The molecule has 2 aromatic rings. The monoisotopic (exact) mass is 428 g/mol. The van der Waals surface area contributed by atoms with Crippen LogP contribution in [0.4, 0.5) is 0 Å². The number of ether oxygens (including phenoxy) is 1. The third-order valence-corrected chi connectivity index (χ3v) is 7.90. The maximum atomic E-state index is 13.3. The first-order valence-electron chi connectivity index (χ1n) is 10.9. The number of hydrogen-bond donors (Lipinski definition) is 4. The maximum absolute atomic E-state index is 13.3. The molecular weight excluding hydrogens is 400 g/mol. The predicted molar refractivity (Wildman–Crippen MR) is 115 cm³/mol. The van der Waals surface area contributed by atoms with Crippen LogP contribution in [0.15, 0.2) is 24.3 Å². The second-order valence-electron chi connectivity index (χ2n) is 9.16. The Bertz CT molecular complexity index is 899. The SMILES string of the molecule is O=C1NC(N2CC3(COC3)C2)NC(NC2CCCNC2)C1c1nc2ccccc2s1. The molecule has 160 valence electrons. The highest BCUT2D eigenvalue weighted by Crippen LogP contribution is 2.39. The van der Waals surface area contributed by atoms with Gasteiger partial charge in [-0.25, -0.2) is 4.98 Å². The number of benzene rings is 1. The van der Waals surface area contributed by atoms with Gasteiger partial charge >= 0.3 is 0 Å². The maximum Gasteiger partial charge on any atom is 0.235 e. The minimum absolute atomic E-state index is 0.0462. The summed E-state index contributed by atoms with van der Waals surface area (Å²) in [6, 6.07) is 8.45. The molecule has 0 saturated carbocycles. The first-order valence-corrected chi connectivity index (χ1v) is 11.7. The molecule has 30 heavy (non-hydrogen) atoms. The number of fused-ring (bicyclic) bond motifs is 1. The van der Waals surface area contributed by atoms with Crippen molar-refractivity contribution in [1.29, 1.82) is 0 Å². The van der Waals surface area contributed by atoms with Gasteiger partial charge in [-0.3, -0.25) is 20.3 Å². The van der Waals surface area contributed by atoms with Crippen molar-refractivity contribution in [3.63, 3.8) is 0 Å². The Balaban J connectivity index is 1.25.